The van der Waals surface area contributed by atoms with Gasteiger partial charge in [0.15, 0.2) is 0 Å². The fraction of sp³-hybridized carbons (Fsp3) is 1.00. The number of hydrogen-bond donors (Lipinski definition) is 0. The van der Waals surface area contributed by atoms with E-state index in [9.17, 15) is 0 Å². The first-order valence-electron chi connectivity index (χ1n) is 2.55. The summed E-state index contributed by atoms with van der Waals surface area (Å²) in [7, 11) is 0.0599. The van der Waals surface area contributed by atoms with E-state index in [2.05, 4.69) is 19.6 Å². The molecule has 0 rings (SSSR count). The highest BCUT2D eigenvalue weighted by molar-refractivity contribution is 6.76. The van der Waals surface area contributed by atoms with Crippen molar-refractivity contribution in [2.24, 2.45) is 0 Å². The third-order valence-electron chi connectivity index (χ3n) is 0.577. The first-order valence-corrected chi connectivity index (χ1v) is 7.07. The van der Waals surface area contributed by atoms with Gasteiger partial charge in [0, 0.05) is 6.23 Å². The Kier molecular flexibility index (Phi) is 2.79. The summed E-state index contributed by atoms with van der Waals surface area (Å²) in [5, 5.41) is 0. The van der Waals surface area contributed by atoms with E-state index in [4.69, 9.17) is 4.43 Å². The Hall–Kier alpha value is 0.394. The van der Waals surface area contributed by atoms with Gasteiger partial charge in [-0.05, 0) is 0 Å². The van der Waals surface area contributed by atoms with Gasteiger partial charge in [-0.25, -0.2) is 0 Å². The largest absolute Gasteiger partial charge is 0.431 e. The van der Waals surface area contributed by atoms with Crippen molar-refractivity contribution in [3.63, 3.8) is 0 Å². The monoisotopic (exact) mass is 134 g/mol. The van der Waals surface area contributed by atoms with Gasteiger partial charge in [-0.15, -0.1) is 0 Å². The number of rotatable bonds is 2. The van der Waals surface area contributed by atoms with Gasteiger partial charge < -0.3 is 4.43 Å². The average Bonchev–Trinajstić information content (AvgIpc) is 1.30. The molecule has 0 spiro atoms. The minimum absolute atomic E-state index is 0.845. The summed E-state index contributed by atoms with van der Waals surface area (Å²) in [6.07, 6.45) is 1.04. The molecule has 0 saturated heterocycles. The zero-order chi connectivity index (χ0) is 5.91. The van der Waals surface area contributed by atoms with Crippen LogP contribution < -0.4 is 0 Å². The normalized spacial score (nSPS) is 12.4. The maximum Gasteiger partial charge on any atom is 0.145 e. The molecule has 0 fully saturated rings. The first-order chi connectivity index (χ1) is 3.06. The van der Waals surface area contributed by atoms with Crippen molar-refractivity contribution in [3.8, 4) is 0 Å². The molecule has 7 heavy (non-hydrogen) atoms. The van der Waals surface area contributed by atoms with Gasteiger partial charge in [-0.2, -0.15) is 0 Å². The van der Waals surface area contributed by atoms with E-state index in [1.54, 1.807) is 0 Å². The molecule has 0 saturated carbocycles. The highest BCUT2D eigenvalue weighted by atomic mass is 28.3. The standard InChI is InChI=1S/C4H14OSi2/c1-7(2,3)4-5-6/h4H2,1-3,6H3. The molecule has 0 heterocycles. The molecule has 0 atom stereocenters. The molecule has 0 aromatic heterocycles. The molecular weight excluding hydrogens is 120 g/mol. The predicted octanol–water partition coefficient (Wildman–Crippen LogP) is 0.161. The third-order valence-corrected chi connectivity index (χ3v) is 2.60. The molecule has 44 valence electrons. The van der Waals surface area contributed by atoms with Crippen LogP contribution in [0.25, 0.3) is 0 Å². The van der Waals surface area contributed by atoms with E-state index in [-0.39, 0.29) is 0 Å². The van der Waals surface area contributed by atoms with Crippen molar-refractivity contribution in [1.82, 2.24) is 0 Å². The minimum atomic E-state index is -0.845. The summed E-state index contributed by atoms with van der Waals surface area (Å²) in [4.78, 5) is 0. The molecule has 0 radical (unpaired) electrons. The van der Waals surface area contributed by atoms with Crippen LogP contribution in [-0.4, -0.2) is 24.8 Å². The van der Waals surface area contributed by atoms with Crippen LogP contribution in [0.3, 0.4) is 0 Å². The lowest BCUT2D eigenvalue weighted by molar-refractivity contribution is 0.418. The lowest BCUT2D eigenvalue weighted by Crippen LogP contribution is -2.27. The van der Waals surface area contributed by atoms with Crippen LogP contribution in [0.1, 0.15) is 0 Å². The summed E-state index contributed by atoms with van der Waals surface area (Å²) < 4.78 is 5.11. The highest BCUT2D eigenvalue weighted by Gasteiger charge is 2.10. The van der Waals surface area contributed by atoms with Gasteiger partial charge in [-0.3, -0.25) is 0 Å². The molecule has 0 unspecified atom stereocenters. The van der Waals surface area contributed by atoms with Crippen LogP contribution in [0.15, 0.2) is 0 Å². The van der Waals surface area contributed by atoms with Gasteiger partial charge in [0.05, 0.1) is 8.07 Å². The van der Waals surface area contributed by atoms with E-state index in [1.165, 1.54) is 0 Å². The summed E-state index contributed by atoms with van der Waals surface area (Å²) in [5.74, 6) is 0. The zero-order valence-corrected chi connectivity index (χ0v) is 8.62. The summed E-state index contributed by atoms with van der Waals surface area (Å²) in [6, 6.07) is 0. The van der Waals surface area contributed by atoms with Gasteiger partial charge >= 0.3 is 0 Å². The van der Waals surface area contributed by atoms with Crippen molar-refractivity contribution >= 4 is 18.6 Å². The van der Waals surface area contributed by atoms with Crippen molar-refractivity contribution in [2.45, 2.75) is 19.6 Å². The Morgan fingerprint density at radius 3 is 1.86 bits per heavy atom. The Balaban J connectivity index is 3.15. The molecule has 0 amide bonds. The van der Waals surface area contributed by atoms with Crippen LogP contribution in [0.5, 0.6) is 0 Å². The maximum absolute atomic E-state index is 5.11. The Morgan fingerprint density at radius 2 is 1.86 bits per heavy atom. The summed E-state index contributed by atoms with van der Waals surface area (Å²) in [6.45, 7) is 6.93. The quantitative estimate of drug-likeness (QED) is 0.489. The van der Waals surface area contributed by atoms with Crippen LogP contribution in [0.2, 0.25) is 19.6 Å². The minimum Gasteiger partial charge on any atom is -0.431 e. The van der Waals surface area contributed by atoms with Crippen LogP contribution >= 0.6 is 0 Å². The van der Waals surface area contributed by atoms with Crippen molar-refractivity contribution < 1.29 is 4.43 Å². The zero-order valence-electron chi connectivity index (χ0n) is 5.62. The van der Waals surface area contributed by atoms with Gasteiger partial charge in [0.25, 0.3) is 0 Å². The fourth-order valence-electron chi connectivity index (χ4n) is 0.433. The smallest absolute Gasteiger partial charge is 0.145 e. The lowest BCUT2D eigenvalue weighted by atomic mass is 11.7. The topological polar surface area (TPSA) is 9.23 Å². The Labute approximate surface area is 49.6 Å². The van der Waals surface area contributed by atoms with Gasteiger partial charge in [0.1, 0.15) is 10.5 Å². The maximum atomic E-state index is 5.11. The summed E-state index contributed by atoms with van der Waals surface area (Å²) in [5.41, 5.74) is 0. The van der Waals surface area contributed by atoms with Crippen molar-refractivity contribution in [3.05, 3.63) is 0 Å². The van der Waals surface area contributed by atoms with E-state index in [0.717, 1.165) is 16.7 Å². The fourth-order valence-corrected chi connectivity index (χ4v) is 3.90. The molecule has 0 aromatic carbocycles. The number of hydrogen-bond acceptors (Lipinski definition) is 1. The lowest BCUT2D eigenvalue weighted by Gasteiger charge is -2.12. The van der Waals surface area contributed by atoms with E-state index in [0.29, 0.717) is 0 Å². The van der Waals surface area contributed by atoms with Crippen LogP contribution in [0.4, 0.5) is 0 Å². The molecule has 0 N–H and O–H groups in total. The van der Waals surface area contributed by atoms with E-state index in [1.807, 2.05) is 0 Å². The van der Waals surface area contributed by atoms with E-state index >= 15 is 0 Å². The van der Waals surface area contributed by atoms with Crippen molar-refractivity contribution in [1.29, 1.82) is 0 Å². The van der Waals surface area contributed by atoms with Gasteiger partial charge in [0.2, 0.25) is 0 Å². The molecular formula is C4H14OSi2. The Morgan fingerprint density at radius 1 is 1.43 bits per heavy atom. The van der Waals surface area contributed by atoms with Crippen LogP contribution in [0, 0.1) is 0 Å². The van der Waals surface area contributed by atoms with E-state index < -0.39 is 8.07 Å². The molecule has 0 aromatic rings. The molecule has 0 aliphatic heterocycles. The third kappa shape index (κ3) is 6.39. The Bertz CT molecular complexity index is 48.1. The molecule has 3 heteroatoms. The second-order valence-electron chi connectivity index (χ2n) is 2.99. The molecule has 0 aliphatic carbocycles. The first kappa shape index (κ1) is 7.39. The van der Waals surface area contributed by atoms with Crippen molar-refractivity contribution in [2.75, 3.05) is 6.23 Å². The second kappa shape index (κ2) is 2.64. The predicted molar refractivity (Wildman–Crippen MR) is 39.2 cm³/mol. The van der Waals surface area contributed by atoms with Crippen LogP contribution in [-0.2, 0) is 4.43 Å². The second-order valence-corrected chi connectivity index (χ2v) is 8.98. The highest BCUT2D eigenvalue weighted by Crippen LogP contribution is 1.97. The summed E-state index contributed by atoms with van der Waals surface area (Å²) >= 11 is 0. The average molecular weight is 134 g/mol. The van der Waals surface area contributed by atoms with Gasteiger partial charge in [-0.1, -0.05) is 19.6 Å². The molecule has 1 nitrogen and oxygen atoms in total. The molecule has 0 bridgehead atoms. The molecule has 0 aliphatic rings. The SMILES string of the molecule is C[Si](C)(C)CO[SiH3].